The molecule has 0 saturated carbocycles. The summed E-state index contributed by atoms with van der Waals surface area (Å²) in [7, 11) is 0. The van der Waals surface area contributed by atoms with Crippen molar-refractivity contribution in [1.82, 2.24) is 0 Å². The summed E-state index contributed by atoms with van der Waals surface area (Å²) in [5.74, 6) is 1.97. The van der Waals surface area contributed by atoms with Crippen LogP contribution in [0.1, 0.15) is 284 Å². The molecule has 3 N–H and O–H groups in total. The van der Waals surface area contributed by atoms with Crippen molar-refractivity contribution in [2.24, 2.45) is 0 Å². The number of aromatic hydroxyl groups is 3. The first-order chi connectivity index (χ1) is 30.9. The third-order valence-corrected chi connectivity index (χ3v) is 16.0. The highest BCUT2D eigenvalue weighted by atomic mass is 16.3. The van der Waals surface area contributed by atoms with Crippen molar-refractivity contribution in [3.05, 3.63) is 120 Å². The topological polar surface area (TPSA) is 60.7 Å². The minimum absolute atomic E-state index is 0.173. The number of rotatable bonds is 24. The van der Waals surface area contributed by atoms with E-state index in [0.717, 1.165) is 130 Å². The standard InChI is InChI=1S/C63H96O3/c1-19-25-28-46-52(34-43-31-49(40(7)8)58(64)55(37-43)61(13,14)22-4)47(29-26-20-2)54(36-45-33-51(42(11)12)60(66)57(39-45)63(17,18)24-6)48(30-27-21-3)53(46)35-44-32-50(41(9)10)59(65)56(38-44)62(15,16)23-5/h31-33,37-42,64-66H,19-30,34-36H2,1-18H3. The molecule has 4 aromatic rings. The Balaban J connectivity index is 2.31. The normalized spacial score (nSPS) is 12.7. The minimum atomic E-state index is -0.173. The van der Waals surface area contributed by atoms with Gasteiger partial charge in [0.2, 0.25) is 0 Å². The molecule has 4 rings (SSSR count). The maximum absolute atomic E-state index is 11.9. The lowest BCUT2D eigenvalue weighted by Crippen LogP contribution is -2.19. The van der Waals surface area contributed by atoms with Crippen molar-refractivity contribution in [3.8, 4) is 17.2 Å². The molecule has 0 fully saturated rings. The van der Waals surface area contributed by atoms with Crippen molar-refractivity contribution in [2.75, 3.05) is 0 Å². The Hall–Kier alpha value is -3.72. The molecule has 0 aliphatic carbocycles. The average Bonchev–Trinajstić information content (AvgIpc) is 3.26. The first-order valence-corrected chi connectivity index (χ1v) is 26.7. The van der Waals surface area contributed by atoms with Gasteiger partial charge in [0.05, 0.1) is 0 Å². The van der Waals surface area contributed by atoms with E-state index in [1.54, 1.807) is 0 Å². The van der Waals surface area contributed by atoms with E-state index in [-0.39, 0.29) is 34.0 Å². The lowest BCUT2D eigenvalue weighted by atomic mass is 9.74. The maximum Gasteiger partial charge on any atom is 0.122 e. The first-order valence-electron chi connectivity index (χ1n) is 26.7. The van der Waals surface area contributed by atoms with Gasteiger partial charge in [0.1, 0.15) is 17.2 Å². The van der Waals surface area contributed by atoms with Crippen molar-refractivity contribution in [2.45, 2.75) is 255 Å². The number of unbranched alkanes of at least 4 members (excludes halogenated alkanes) is 3. The molecule has 0 saturated heterocycles. The fourth-order valence-corrected chi connectivity index (χ4v) is 10.2. The smallest absolute Gasteiger partial charge is 0.122 e. The second-order valence-corrected chi connectivity index (χ2v) is 23.1. The Morgan fingerprint density at radius 3 is 0.773 bits per heavy atom. The Morgan fingerprint density at radius 2 is 0.591 bits per heavy atom. The van der Waals surface area contributed by atoms with Crippen LogP contribution < -0.4 is 0 Å². The molecule has 0 bridgehead atoms. The molecule has 0 aromatic heterocycles. The zero-order valence-corrected chi connectivity index (χ0v) is 45.6. The molecule has 0 aliphatic rings. The van der Waals surface area contributed by atoms with Gasteiger partial charge in [-0.15, -0.1) is 0 Å². The van der Waals surface area contributed by atoms with Gasteiger partial charge in [-0.2, -0.15) is 0 Å². The molecule has 66 heavy (non-hydrogen) atoms. The van der Waals surface area contributed by atoms with Crippen LogP contribution in [-0.2, 0) is 54.8 Å². The van der Waals surface area contributed by atoms with Crippen molar-refractivity contribution >= 4 is 0 Å². The van der Waals surface area contributed by atoms with Gasteiger partial charge >= 0.3 is 0 Å². The Kier molecular flexibility index (Phi) is 19.2. The predicted octanol–water partition coefficient (Wildman–Crippen LogP) is 18.0. The largest absolute Gasteiger partial charge is 0.507 e. The molecule has 3 heteroatoms. The molecule has 0 aliphatic heterocycles. The summed E-state index contributed by atoms with van der Waals surface area (Å²) in [4.78, 5) is 0. The van der Waals surface area contributed by atoms with Crippen LogP contribution in [0.15, 0.2) is 36.4 Å². The number of benzene rings is 4. The van der Waals surface area contributed by atoms with E-state index in [1.165, 1.54) is 50.1 Å². The molecule has 366 valence electrons. The van der Waals surface area contributed by atoms with Gasteiger partial charge in [-0.25, -0.2) is 0 Å². The van der Waals surface area contributed by atoms with E-state index >= 15 is 0 Å². The van der Waals surface area contributed by atoms with Crippen LogP contribution in [0.4, 0.5) is 0 Å². The average molecular weight is 901 g/mol. The van der Waals surface area contributed by atoms with Gasteiger partial charge in [-0.3, -0.25) is 0 Å². The molecular weight excluding hydrogens is 805 g/mol. The summed E-state index contributed by atoms with van der Waals surface area (Å²) >= 11 is 0. The lowest BCUT2D eigenvalue weighted by Gasteiger charge is -2.31. The molecule has 0 spiro atoms. The Morgan fingerprint density at radius 1 is 0.364 bits per heavy atom. The quantitative estimate of drug-likeness (QED) is 0.0657. The monoisotopic (exact) mass is 901 g/mol. The van der Waals surface area contributed by atoms with E-state index in [0.29, 0.717) is 17.2 Å². The van der Waals surface area contributed by atoms with E-state index in [9.17, 15) is 15.3 Å². The first kappa shape index (κ1) is 54.9. The summed E-state index contributed by atoms with van der Waals surface area (Å²) < 4.78 is 0. The van der Waals surface area contributed by atoms with E-state index in [2.05, 4.69) is 161 Å². The van der Waals surface area contributed by atoms with Gasteiger partial charge in [0, 0.05) is 16.7 Å². The number of hydrogen-bond acceptors (Lipinski definition) is 3. The van der Waals surface area contributed by atoms with Gasteiger partial charge in [-0.05, 0) is 178 Å². The fourth-order valence-electron chi connectivity index (χ4n) is 10.2. The van der Waals surface area contributed by atoms with E-state index < -0.39 is 0 Å². The minimum Gasteiger partial charge on any atom is -0.507 e. The SMILES string of the molecule is CCCCc1c(Cc2cc(C(C)C)c(O)c(C(C)(C)CC)c2)c(CCCC)c(Cc2cc(C(C)C)c(O)c(C(C)(C)CC)c2)c(CCCC)c1Cc1cc(C(C)C)c(O)c(C(C)(C)CC)c1. The summed E-state index contributed by atoms with van der Waals surface area (Å²) in [6.07, 6.45) is 15.1. The summed E-state index contributed by atoms with van der Waals surface area (Å²) in [6, 6.07) is 14.0. The number of hydrogen-bond donors (Lipinski definition) is 3. The second-order valence-electron chi connectivity index (χ2n) is 23.1. The van der Waals surface area contributed by atoms with Crippen LogP contribution in [0.3, 0.4) is 0 Å². The summed E-state index contributed by atoms with van der Waals surface area (Å²) in [6.45, 7) is 40.7. The maximum atomic E-state index is 11.9. The molecule has 4 aromatic carbocycles. The highest BCUT2D eigenvalue weighted by molar-refractivity contribution is 5.60. The zero-order valence-electron chi connectivity index (χ0n) is 45.6. The molecule has 0 unspecified atom stereocenters. The molecule has 3 nitrogen and oxygen atoms in total. The van der Waals surface area contributed by atoms with Crippen LogP contribution in [-0.4, -0.2) is 15.3 Å². The molecule has 0 radical (unpaired) electrons. The predicted molar refractivity (Wildman–Crippen MR) is 287 cm³/mol. The molecule has 0 heterocycles. The molecule has 0 atom stereocenters. The van der Waals surface area contributed by atoms with Gasteiger partial charge in [0.25, 0.3) is 0 Å². The van der Waals surface area contributed by atoms with Crippen LogP contribution >= 0.6 is 0 Å². The fraction of sp³-hybridized carbons (Fsp3) is 0.619. The third kappa shape index (κ3) is 12.3. The van der Waals surface area contributed by atoms with Crippen molar-refractivity contribution in [3.63, 3.8) is 0 Å². The summed E-state index contributed by atoms with van der Waals surface area (Å²) in [5, 5.41) is 35.7. The highest BCUT2D eigenvalue weighted by Gasteiger charge is 2.31. The van der Waals surface area contributed by atoms with Crippen LogP contribution in [0.2, 0.25) is 0 Å². The lowest BCUT2D eigenvalue weighted by molar-refractivity contribution is 0.420. The van der Waals surface area contributed by atoms with Crippen molar-refractivity contribution < 1.29 is 15.3 Å². The van der Waals surface area contributed by atoms with Crippen LogP contribution in [0, 0.1) is 0 Å². The van der Waals surface area contributed by atoms with Gasteiger partial charge in [0.15, 0.2) is 0 Å². The molecule has 0 amide bonds. The number of phenols is 3. The van der Waals surface area contributed by atoms with Crippen LogP contribution in [0.25, 0.3) is 0 Å². The zero-order chi connectivity index (χ0) is 49.5. The van der Waals surface area contributed by atoms with Gasteiger partial charge < -0.3 is 15.3 Å². The Bertz CT molecular complexity index is 1970. The van der Waals surface area contributed by atoms with Gasteiger partial charge in [-0.1, -0.05) is 180 Å². The number of phenolic OH excluding ortho intramolecular Hbond substituents is 3. The third-order valence-electron chi connectivity index (χ3n) is 16.0. The Labute approximate surface area is 405 Å². The highest BCUT2D eigenvalue weighted by Crippen LogP contribution is 2.45. The molecular formula is C63H96O3. The van der Waals surface area contributed by atoms with E-state index in [4.69, 9.17) is 0 Å². The van der Waals surface area contributed by atoms with Crippen LogP contribution in [0.5, 0.6) is 17.2 Å². The van der Waals surface area contributed by atoms with Crippen molar-refractivity contribution in [1.29, 1.82) is 0 Å². The summed E-state index contributed by atoms with van der Waals surface area (Å²) in [5.41, 5.74) is 18.8. The second kappa shape index (κ2) is 23.1. The van der Waals surface area contributed by atoms with E-state index in [1.807, 2.05) is 0 Å².